The van der Waals surface area contributed by atoms with E-state index in [9.17, 15) is 4.79 Å². The van der Waals surface area contributed by atoms with E-state index in [0.717, 1.165) is 22.4 Å². The lowest BCUT2D eigenvalue weighted by atomic mass is 10.0. The number of aromatic nitrogens is 2. The highest BCUT2D eigenvalue weighted by molar-refractivity contribution is 5.76. The molecule has 0 radical (unpaired) electrons. The summed E-state index contributed by atoms with van der Waals surface area (Å²) >= 11 is 0. The lowest BCUT2D eigenvalue weighted by Crippen LogP contribution is -2.29. The summed E-state index contributed by atoms with van der Waals surface area (Å²) in [5.74, 6) is 1.87. The van der Waals surface area contributed by atoms with Crippen LogP contribution in [0.5, 0.6) is 11.5 Å². The number of nitrogens with zero attached hydrogens (tertiary/aromatic N) is 3. The van der Waals surface area contributed by atoms with Crippen molar-refractivity contribution in [3.8, 4) is 22.6 Å². The van der Waals surface area contributed by atoms with Crippen molar-refractivity contribution in [3.05, 3.63) is 72.3 Å². The molecule has 0 spiro atoms. The summed E-state index contributed by atoms with van der Waals surface area (Å²) in [6.45, 7) is 3.89. The first-order valence-electron chi connectivity index (χ1n) is 9.26. The summed E-state index contributed by atoms with van der Waals surface area (Å²) in [5.41, 5.74) is 3.11. The second kappa shape index (κ2) is 8.19. The highest BCUT2D eigenvalue weighted by Gasteiger charge is 2.22. The van der Waals surface area contributed by atoms with Crippen LogP contribution in [0.15, 0.2) is 60.9 Å². The van der Waals surface area contributed by atoms with Gasteiger partial charge in [-0.2, -0.15) is 0 Å². The minimum Gasteiger partial charge on any atom is -0.494 e. The van der Waals surface area contributed by atoms with E-state index in [1.807, 2.05) is 48.2 Å². The lowest BCUT2D eigenvalue weighted by Gasteiger charge is -2.17. The zero-order chi connectivity index (χ0) is 19.3. The van der Waals surface area contributed by atoms with E-state index in [-0.39, 0.29) is 12.5 Å². The molecule has 0 bridgehead atoms. The van der Waals surface area contributed by atoms with Gasteiger partial charge in [0.1, 0.15) is 17.3 Å². The Morgan fingerprint density at radius 1 is 1.04 bits per heavy atom. The molecule has 0 saturated carbocycles. The molecule has 0 atom stereocenters. The van der Waals surface area contributed by atoms with E-state index < -0.39 is 0 Å². The number of hydrogen-bond donors (Lipinski definition) is 0. The van der Waals surface area contributed by atoms with Crippen LogP contribution in [-0.2, 0) is 17.9 Å². The van der Waals surface area contributed by atoms with Crippen molar-refractivity contribution in [1.29, 1.82) is 0 Å². The second-order valence-corrected chi connectivity index (χ2v) is 6.56. The van der Waals surface area contributed by atoms with Crippen LogP contribution in [0, 0.1) is 0 Å². The van der Waals surface area contributed by atoms with Crippen molar-refractivity contribution >= 4 is 5.97 Å². The van der Waals surface area contributed by atoms with Gasteiger partial charge in [-0.25, -0.2) is 9.97 Å². The molecule has 3 aromatic rings. The Balaban J connectivity index is 1.59. The molecule has 2 aromatic carbocycles. The van der Waals surface area contributed by atoms with Gasteiger partial charge in [-0.05, 0) is 48.4 Å². The van der Waals surface area contributed by atoms with Crippen molar-refractivity contribution < 1.29 is 14.3 Å². The molecule has 2 heterocycles. The fourth-order valence-corrected chi connectivity index (χ4v) is 3.25. The predicted octanol–water partition coefficient (Wildman–Crippen LogP) is 3.46. The number of hydrogen-bond acceptors (Lipinski definition) is 6. The number of rotatable bonds is 5. The van der Waals surface area contributed by atoms with Crippen molar-refractivity contribution in [2.24, 2.45) is 0 Å². The van der Waals surface area contributed by atoms with Crippen LogP contribution < -0.4 is 9.47 Å². The monoisotopic (exact) mass is 375 g/mol. The maximum Gasteiger partial charge on any atom is 0.325 e. The highest BCUT2D eigenvalue weighted by Crippen LogP contribution is 2.30. The molecule has 142 valence electrons. The number of ether oxygens (including phenoxy) is 2. The first-order valence-corrected chi connectivity index (χ1v) is 9.26. The van der Waals surface area contributed by atoms with Crippen LogP contribution in [0.1, 0.15) is 18.3 Å². The summed E-state index contributed by atoms with van der Waals surface area (Å²) in [5, 5.41) is 0. The Morgan fingerprint density at radius 2 is 1.79 bits per heavy atom. The van der Waals surface area contributed by atoms with Crippen molar-refractivity contribution in [3.63, 3.8) is 0 Å². The van der Waals surface area contributed by atoms with E-state index >= 15 is 0 Å². The van der Waals surface area contributed by atoms with E-state index in [1.165, 1.54) is 0 Å². The van der Waals surface area contributed by atoms with E-state index in [1.54, 1.807) is 18.5 Å². The maximum atomic E-state index is 12.2. The molecule has 0 N–H and O–H groups in total. The molecule has 1 aliphatic rings. The third-order valence-electron chi connectivity index (χ3n) is 4.51. The lowest BCUT2D eigenvalue weighted by molar-refractivity contribution is -0.135. The summed E-state index contributed by atoms with van der Waals surface area (Å²) in [4.78, 5) is 22.7. The van der Waals surface area contributed by atoms with Gasteiger partial charge in [0.05, 0.1) is 19.7 Å². The van der Waals surface area contributed by atoms with Crippen LogP contribution in [0.2, 0.25) is 0 Å². The molecular weight excluding hydrogens is 354 g/mol. The molecule has 4 rings (SSSR count). The number of esters is 1. The third-order valence-corrected chi connectivity index (χ3v) is 4.51. The Kier molecular flexibility index (Phi) is 5.30. The molecule has 0 unspecified atom stereocenters. The highest BCUT2D eigenvalue weighted by atomic mass is 16.5. The van der Waals surface area contributed by atoms with Crippen molar-refractivity contribution in [1.82, 2.24) is 14.9 Å². The first-order chi connectivity index (χ1) is 13.7. The van der Waals surface area contributed by atoms with Gasteiger partial charge in [-0.1, -0.05) is 18.2 Å². The van der Waals surface area contributed by atoms with Gasteiger partial charge in [0.2, 0.25) is 0 Å². The number of carbonyl (C=O) groups excluding carboxylic acids is 1. The molecule has 0 saturated heterocycles. The van der Waals surface area contributed by atoms with Crippen molar-refractivity contribution in [2.75, 3.05) is 13.2 Å². The smallest absolute Gasteiger partial charge is 0.325 e. The molecule has 0 aliphatic carbocycles. The van der Waals surface area contributed by atoms with Gasteiger partial charge in [0, 0.05) is 24.5 Å². The Bertz CT molecular complexity index is 959. The second-order valence-electron chi connectivity index (χ2n) is 6.56. The quantitative estimate of drug-likeness (QED) is 0.503. The van der Waals surface area contributed by atoms with Gasteiger partial charge in [-0.3, -0.25) is 9.69 Å². The van der Waals surface area contributed by atoms with Gasteiger partial charge >= 0.3 is 5.97 Å². The van der Waals surface area contributed by atoms with Gasteiger partial charge < -0.3 is 9.47 Å². The average molecular weight is 375 g/mol. The van der Waals surface area contributed by atoms with E-state index in [0.29, 0.717) is 31.3 Å². The number of fused-ring (bicyclic) bond motifs is 1. The summed E-state index contributed by atoms with van der Waals surface area (Å²) < 4.78 is 11.0. The summed E-state index contributed by atoms with van der Waals surface area (Å²) in [6, 6.07) is 15.7. The molecule has 0 amide bonds. The molecule has 1 aromatic heterocycles. The maximum absolute atomic E-state index is 12.2. The van der Waals surface area contributed by atoms with Crippen molar-refractivity contribution in [2.45, 2.75) is 20.0 Å². The number of benzene rings is 2. The van der Waals surface area contributed by atoms with Crippen LogP contribution in [0.3, 0.4) is 0 Å². The normalized spacial score (nSPS) is 14.1. The fourth-order valence-electron chi connectivity index (χ4n) is 3.25. The van der Waals surface area contributed by atoms with Crippen LogP contribution in [0.25, 0.3) is 11.1 Å². The van der Waals surface area contributed by atoms with E-state index in [4.69, 9.17) is 9.47 Å². The number of carbonyl (C=O) groups is 1. The third kappa shape index (κ3) is 4.18. The van der Waals surface area contributed by atoms with Gasteiger partial charge in [-0.15, -0.1) is 0 Å². The zero-order valence-electron chi connectivity index (χ0n) is 15.7. The van der Waals surface area contributed by atoms with Gasteiger partial charge in [0.25, 0.3) is 0 Å². The Morgan fingerprint density at radius 3 is 2.54 bits per heavy atom. The largest absolute Gasteiger partial charge is 0.494 e. The predicted molar refractivity (Wildman–Crippen MR) is 105 cm³/mol. The first kappa shape index (κ1) is 18.1. The fraction of sp³-hybridized carbons (Fsp3) is 0.227. The molecule has 0 fully saturated rings. The molecule has 28 heavy (non-hydrogen) atoms. The van der Waals surface area contributed by atoms with Crippen LogP contribution in [0.4, 0.5) is 0 Å². The molecule has 1 aliphatic heterocycles. The minimum atomic E-state index is -0.275. The average Bonchev–Trinajstić information content (AvgIpc) is 2.86. The minimum absolute atomic E-state index is 0.200. The molecule has 6 heteroatoms. The van der Waals surface area contributed by atoms with Gasteiger partial charge in [0.15, 0.2) is 0 Å². The standard InChI is InChI=1S/C22H21N3O3/c1-2-27-19-7-4-16(5-8-19)17-6-9-20-18(12-17)13-25(15-22(26)28-20)14-21-23-10-3-11-24-21/h3-12H,2,13-15H2,1H3. The summed E-state index contributed by atoms with van der Waals surface area (Å²) in [7, 11) is 0. The summed E-state index contributed by atoms with van der Waals surface area (Å²) in [6.07, 6.45) is 3.41. The Hall–Kier alpha value is -3.25. The van der Waals surface area contributed by atoms with E-state index in [2.05, 4.69) is 16.0 Å². The molecular formula is C22H21N3O3. The SMILES string of the molecule is CCOc1ccc(-c2ccc3c(c2)CN(Cc2ncccn2)CC(=O)O3)cc1. The topological polar surface area (TPSA) is 64.5 Å². The Labute approximate surface area is 163 Å². The van der Waals surface area contributed by atoms with Crippen LogP contribution in [-0.4, -0.2) is 34.0 Å². The molecule has 6 nitrogen and oxygen atoms in total. The zero-order valence-corrected chi connectivity index (χ0v) is 15.7. The van der Waals surface area contributed by atoms with Crippen LogP contribution >= 0.6 is 0 Å².